The lowest BCUT2D eigenvalue weighted by Gasteiger charge is -2.03. The first-order valence-electron chi connectivity index (χ1n) is 7.12. The fraction of sp³-hybridized carbons (Fsp3) is 0.167. The molecule has 0 aliphatic rings. The van der Waals surface area contributed by atoms with Gasteiger partial charge in [0.15, 0.2) is 0 Å². The Hall–Kier alpha value is -2.55. The highest BCUT2D eigenvalue weighted by Crippen LogP contribution is 2.18. The zero-order valence-corrected chi connectivity index (χ0v) is 12.3. The van der Waals surface area contributed by atoms with Gasteiger partial charge in [0.1, 0.15) is 6.61 Å². The Morgan fingerprint density at radius 2 is 1.67 bits per heavy atom. The number of hydrogen-bond donors (Lipinski definition) is 1. The maximum Gasteiger partial charge on any atom is 0.340 e. The Morgan fingerprint density at radius 3 is 2.43 bits per heavy atom. The van der Waals surface area contributed by atoms with Crippen molar-refractivity contribution in [1.82, 2.24) is 4.98 Å². The first kappa shape index (κ1) is 14.9. The van der Waals surface area contributed by atoms with Gasteiger partial charge in [-0.05, 0) is 11.6 Å². The molecule has 108 valence electrons. The molecule has 0 bridgehead atoms. The molecule has 1 aromatic heterocycles. The summed E-state index contributed by atoms with van der Waals surface area (Å²) in [5, 5.41) is 0.889. The second-order valence-corrected chi connectivity index (χ2v) is 4.31. The molecule has 0 spiro atoms. The highest BCUT2D eigenvalue weighted by molar-refractivity contribution is 6.03. The van der Waals surface area contributed by atoms with E-state index in [0.29, 0.717) is 12.2 Å². The van der Waals surface area contributed by atoms with Gasteiger partial charge in [-0.3, -0.25) is 0 Å². The Bertz CT molecular complexity index is 701. The molecule has 3 rings (SSSR count). The van der Waals surface area contributed by atoms with E-state index in [1.165, 1.54) is 0 Å². The van der Waals surface area contributed by atoms with Gasteiger partial charge >= 0.3 is 5.97 Å². The number of esters is 1. The van der Waals surface area contributed by atoms with Gasteiger partial charge in [0.05, 0.1) is 5.56 Å². The Kier molecular flexibility index (Phi) is 5.16. The van der Waals surface area contributed by atoms with Crippen LogP contribution in [0, 0.1) is 0 Å². The molecule has 1 N–H and O–H groups in total. The number of carbonyl (C=O) groups is 1. The van der Waals surface area contributed by atoms with Crippen molar-refractivity contribution in [3.63, 3.8) is 0 Å². The molecule has 21 heavy (non-hydrogen) atoms. The van der Waals surface area contributed by atoms with Gasteiger partial charge < -0.3 is 9.72 Å². The van der Waals surface area contributed by atoms with Crippen LogP contribution in [-0.2, 0) is 11.3 Å². The molecule has 2 aromatic carbocycles. The number of ether oxygens (including phenoxy) is 1. The number of aromatic amines is 1. The predicted molar refractivity (Wildman–Crippen MR) is 85.2 cm³/mol. The first-order valence-corrected chi connectivity index (χ1v) is 7.12. The summed E-state index contributed by atoms with van der Waals surface area (Å²) in [4.78, 5) is 15.1. The van der Waals surface area contributed by atoms with E-state index in [0.717, 1.165) is 16.5 Å². The maximum absolute atomic E-state index is 12.1. The quantitative estimate of drug-likeness (QED) is 0.715. The summed E-state index contributed by atoms with van der Waals surface area (Å²) in [5.74, 6) is -0.304. The third kappa shape index (κ3) is 3.51. The Balaban J connectivity index is 0.000000774. The van der Waals surface area contributed by atoms with Crippen molar-refractivity contribution in [2.45, 2.75) is 20.5 Å². The second kappa shape index (κ2) is 7.29. The summed E-state index contributed by atoms with van der Waals surface area (Å²) < 4.78 is 5.32. The van der Waals surface area contributed by atoms with Crippen LogP contribution in [-0.4, -0.2) is 11.0 Å². The zero-order chi connectivity index (χ0) is 15.1. The topological polar surface area (TPSA) is 42.1 Å². The van der Waals surface area contributed by atoms with Crippen molar-refractivity contribution in [3.8, 4) is 0 Å². The molecule has 0 fully saturated rings. The lowest BCUT2D eigenvalue weighted by Crippen LogP contribution is -2.04. The monoisotopic (exact) mass is 281 g/mol. The van der Waals surface area contributed by atoms with Crippen molar-refractivity contribution < 1.29 is 9.53 Å². The van der Waals surface area contributed by atoms with Crippen molar-refractivity contribution in [1.29, 1.82) is 0 Å². The van der Waals surface area contributed by atoms with Crippen LogP contribution in [0.5, 0.6) is 0 Å². The molecule has 0 radical (unpaired) electrons. The molecule has 1 heterocycles. The molecule has 0 atom stereocenters. The van der Waals surface area contributed by atoms with Crippen LogP contribution in [0.1, 0.15) is 29.8 Å². The average Bonchev–Trinajstić information content (AvgIpc) is 3.00. The highest BCUT2D eigenvalue weighted by Gasteiger charge is 2.12. The van der Waals surface area contributed by atoms with Crippen LogP contribution in [0.2, 0.25) is 0 Å². The van der Waals surface area contributed by atoms with Gasteiger partial charge in [0.2, 0.25) is 0 Å². The minimum Gasteiger partial charge on any atom is -0.457 e. The summed E-state index contributed by atoms with van der Waals surface area (Å²) in [6.07, 6.45) is 1.69. The number of nitrogens with one attached hydrogen (secondary N) is 1. The molecule has 0 unspecified atom stereocenters. The van der Waals surface area contributed by atoms with E-state index in [1.807, 2.05) is 68.4 Å². The van der Waals surface area contributed by atoms with Crippen LogP contribution in [0.25, 0.3) is 10.9 Å². The lowest BCUT2D eigenvalue weighted by atomic mass is 10.2. The van der Waals surface area contributed by atoms with Crippen molar-refractivity contribution in [3.05, 3.63) is 71.9 Å². The normalized spacial score (nSPS) is 9.81. The van der Waals surface area contributed by atoms with E-state index in [2.05, 4.69) is 4.98 Å². The van der Waals surface area contributed by atoms with E-state index >= 15 is 0 Å². The van der Waals surface area contributed by atoms with Crippen LogP contribution in [0.15, 0.2) is 60.8 Å². The smallest absolute Gasteiger partial charge is 0.340 e. The Morgan fingerprint density at radius 1 is 1.00 bits per heavy atom. The van der Waals surface area contributed by atoms with Crippen LogP contribution >= 0.6 is 0 Å². The van der Waals surface area contributed by atoms with Crippen molar-refractivity contribution in [2.24, 2.45) is 0 Å². The van der Waals surface area contributed by atoms with Gasteiger partial charge in [0.25, 0.3) is 0 Å². The van der Waals surface area contributed by atoms with Gasteiger partial charge in [0, 0.05) is 17.1 Å². The number of H-pyrrole nitrogens is 1. The average molecular weight is 281 g/mol. The molecule has 0 saturated heterocycles. The van der Waals surface area contributed by atoms with Gasteiger partial charge in [-0.2, -0.15) is 0 Å². The lowest BCUT2D eigenvalue weighted by molar-refractivity contribution is 0.0475. The Labute approximate surface area is 124 Å². The third-order valence-corrected chi connectivity index (χ3v) is 3.02. The van der Waals surface area contributed by atoms with E-state index in [-0.39, 0.29) is 5.97 Å². The summed E-state index contributed by atoms with van der Waals surface area (Å²) in [5.41, 5.74) is 2.50. The van der Waals surface area contributed by atoms with E-state index in [1.54, 1.807) is 6.20 Å². The SMILES string of the molecule is CC.O=C(OCc1ccccc1)c1c[nH]c2ccccc12. The molecule has 3 aromatic rings. The molecular weight excluding hydrogens is 262 g/mol. The van der Waals surface area contributed by atoms with Crippen molar-refractivity contribution in [2.75, 3.05) is 0 Å². The summed E-state index contributed by atoms with van der Waals surface area (Å²) >= 11 is 0. The minimum atomic E-state index is -0.304. The number of para-hydroxylation sites is 1. The van der Waals surface area contributed by atoms with E-state index in [4.69, 9.17) is 4.74 Å². The van der Waals surface area contributed by atoms with Gasteiger partial charge in [-0.25, -0.2) is 4.79 Å². The summed E-state index contributed by atoms with van der Waals surface area (Å²) in [6, 6.07) is 17.3. The molecular formula is C18H19NO2. The predicted octanol–water partition coefficient (Wildman–Crippen LogP) is 4.55. The fourth-order valence-corrected chi connectivity index (χ4v) is 2.04. The standard InChI is InChI=1S/C16H13NO2.C2H6/c18-16(19-11-12-6-2-1-3-7-12)14-10-17-15-9-5-4-8-13(14)15;1-2/h1-10,17H,11H2;1-2H3. The molecule has 0 amide bonds. The molecule has 0 saturated carbocycles. The largest absolute Gasteiger partial charge is 0.457 e. The summed E-state index contributed by atoms with van der Waals surface area (Å²) in [6.45, 7) is 4.29. The van der Waals surface area contributed by atoms with Crippen molar-refractivity contribution >= 4 is 16.9 Å². The molecule has 3 heteroatoms. The van der Waals surface area contributed by atoms with Crippen LogP contribution < -0.4 is 0 Å². The number of rotatable bonds is 3. The second-order valence-electron chi connectivity index (χ2n) is 4.31. The minimum absolute atomic E-state index is 0.291. The molecule has 3 nitrogen and oxygen atoms in total. The van der Waals surface area contributed by atoms with Gasteiger partial charge in [-0.15, -0.1) is 0 Å². The number of carbonyl (C=O) groups excluding carboxylic acids is 1. The van der Waals surface area contributed by atoms with Gasteiger partial charge in [-0.1, -0.05) is 62.4 Å². The number of benzene rings is 2. The third-order valence-electron chi connectivity index (χ3n) is 3.02. The maximum atomic E-state index is 12.1. The fourth-order valence-electron chi connectivity index (χ4n) is 2.04. The number of hydrogen-bond acceptors (Lipinski definition) is 2. The first-order chi connectivity index (χ1) is 10.3. The number of fused-ring (bicyclic) bond motifs is 1. The van der Waals surface area contributed by atoms with E-state index in [9.17, 15) is 4.79 Å². The van der Waals surface area contributed by atoms with Crippen LogP contribution in [0.4, 0.5) is 0 Å². The number of aromatic nitrogens is 1. The van der Waals surface area contributed by atoms with Crippen LogP contribution in [0.3, 0.4) is 0 Å². The molecule has 0 aliphatic carbocycles. The zero-order valence-electron chi connectivity index (χ0n) is 12.3. The molecule has 0 aliphatic heterocycles. The van der Waals surface area contributed by atoms with E-state index < -0.39 is 0 Å². The summed E-state index contributed by atoms with van der Waals surface area (Å²) in [7, 11) is 0. The highest BCUT2D eigenvalue weighted by atomic mass is 16.5.